The number of fused-ring (bicyclic) bond motifs is 2. The standard InChI is InChI=1S/C38H58N8O12S/c39-12-21-28(48)30(50)24(43)36(53-21)56-33-18(42)11-17(41)27(47)35(33)58-38-32(52)34(57-37-25(44)31(51)29(49)22(13-40)54-37)23(55-38)14-59-10-9-45-26-15-5-1-3-7-19(15)46-20-8-4-2-6-16(20)26/h1-8,17-18,21-25,27-38,47-52H,9-14,39-44H2,(H,45,46)/t17-,18+,21-,22+,23-,24-,25-,27+,28-,29-,30-,31-,32-,33-,34-,35-,36-,37-,38+/m1/s1. The zero-order valence-electron chi connectivity index (χ0n) is 32.3. The number of nitrogens with two attached hydrogens (primary N) is 6. The second-order valence-corrected chi connectivity index (χ2v) is 16.7. The molecule has 0 amide bonds. The van der Waals surface area contributed by atoms with Gasteiger partial charge in [0.1, 0.15) is 61.0 Å². The van der Waals surface area contributed by atoms with Crippen LogP contribution in [0.4, 0.5) is 5.69 Å². The first-order valence-electron chi connectivity index (χ1n) is 19.9. The molecule has 20 nitrogen and oxygen atoms in total. The lowest BCUT2D eigenvalue weighted by Crippen LogP contribution is -2.68. The number of thioether (sulfide) groups is 1. The van der Waals surface area contributed by atoms with Crippen LogP contribution in [0.3, 0.4) is 0 Å². The van der Waals surface area contributed by atoms with Crippen molar-refractivity contribution in [3.63, 3.8) is 0 Å². The molecule has 19 atom stereocenters. The van der Waals surface area contributed by atoms with Crippen LogP contribution in [-0.4, -0.2) is 183 Å². The van der Waals surface area contributed by atoms with Crippen molar-refractivity contribution in [3.05, 3.63) is 48.5 Å². The van der Waals surface area contributed by atoms with Gasteiger partial charge in [-0.3, -0.25) is 0 Å². The van der Waals surface area contributed by atoms with Crippen molar-refractivity contribution in [1.29, 1.82) is 0 Å². The fourth-order valence-electron chi connectivity index (χ4n) is 8.21. The van der Waals surface area contributed by atoms with E-state index in [1.807, 2.05) is 48.5 Å². The molecule has 19 N–H and O–H groups in total. The number of hydrogen-bond donors (Lipinski definition) is 13. The number of rotatable bonds is 14. The molecule has 3 saturated heterocycles. The molecule has 4 aliphatic rings. The zero-order valence-corrected chi connectivity index (χ0v) is 33.1. The van der Waals surface area contributed by atoms with Crippen molar-refractivity contribution in [3.8, 4) is 0 Å². The molecular weight excluding hydrogens is 793 g/mol. The van der Waals surface area contributed by atoms with Gasteiger partial charge in [0.05, 0.1) is 41.0 Å². The summed E-state index contributed by atoms with van der Waals surface area (Å²) in [6.45, 7) is 0.252. The van der Waals surface area contributed by atoms with Crippen molar-refractivity contribution in [2.75, 3.05) is 36.5 Å². The molecule has 3 aromatic rings. The Morgan fingerprint density at radius 1 is 0.610 bits per heavy atom. The fraction of sp³-hybridized carbons (Fsp3) is 0.658. The monoisotopic (exact) mass is 850 g/mol. The molecule has 1 aliphatic carbocycles. The van der Waals surface area contributed by atoms with Crippen LogP contribution < -0.4 is 39.7 Å². The molecule has 1 saturated carbocycles. The van der Waals surface area contributed by atoms with Crippen LogP contribution in [0, 0.1) is 0 Å². The Morgan fingerprint density at radius 3 is 1.68 bits per heavy atom. The minimum Gasteiger partial charge on any atom is -0.389 e. The number of hydrogen-bond acceptors (Lipinski definition) is 21. The lowest BCUT2D eigenvalue weighted by molar-refractivity contribution is -0.306. The number of benzene rings is 2. The predicted molar refractivity (Wildman–Crippen MR) is 216 cm³/mol. The zero-order chi connectivity index (χ0) is 42.1. The number of aromatic nitrogens is 1. The predicted octanol–water partition coefficient (Wildman–Crippen LogP) is -4.34. The third-order valence-electron chi connectivity index (χ3n) is 11.6. The number of nitrogens with zero attached hydrogens (tertiary/aromatic N) is 1. The highest BCUT2D eigenvalue weighted by Gasteiger charge is 2.54. The van der Waals surface area contributed by atoms with Gasteiger partial charge in [-0.05, 0) is 18.6 Å². The second-order valence-electron chi connectivity index (χ2n) is 15.6. The summed E-state index contributed by atoms with van der Waals surface area (Å²) < 4.78 is 36.7. The lowest BCUT2D eigenvalue weighted by atomic mass is 9.84. The van der Waals surface area contributed by atoms with Gasteiger partial charge in [0, 0.05) is 54.0 Å². The molecule has 1 aromatic heterocycles. The summed E-state index contributed by atoms with van der Waals surface area (Å²) in [6, 6.07) is 11.6. The Labute approximate surface area is 344 Å². The van der Waals surface area contributed by atoms with E-state index < -0.39 is 116 Å². The summed E-state index contributed by atoms with van der Waals surface area (Å²) in [5.74, 6) is 0.859. The van der Waals surface area contributed by atoms with Gasteiger partial charge in [-0.2, -0.15) is 11.8 Å². The first-order chi connectivity index (χ1) is 28.3. The third-order valence-corrected chi connectivity index (χ3v) is 12.7. The van der Waals surface area contributed by atoms with Crippen LogP contribution in [0.25, 0.3) is 21.8 Å². The van der Waals surface area contributed by atoms with Gasteiger partial charge in [0.25, 0.3) is 0 Å². The number of anilines is 1. The van der Waals surface area contributed by atoms with Gasteiger partial charge >= 0.3 is 0 Å². The normalized spacial score (nSPS) is 41.7. The molecule has 328 valence electrons. The third kappa shape index (κ3) is 9.20. The summed E-state index contributed by atoms with van der Waals surface area (Å²) in [4.78, 5) is 4.79. The van der Waals surface area contributed by atoms with E-state index >= 15 is 0 Å². The summed E-state index contributed by atoms with van der Waals surface area (Å²) in [5.41, 5.74) is 39.5. The minimum atomic E-state index is -1.53. The van der Waals surface area contributed by atoms with Crippen LogP contribution in [0.5, 0.6) is 0 Å². The van der Waals surface area contributed by atoms with Gasteiger partial charge < -0.3 is 98.8 Å². The Bertz CT molecular complexity index is 1790. The van der Waals surface area contributed by atoms with Crippen molar-refractivity contribution in [1.82, 2.24) is 4.98 Å². The van der Waals surface area contributed by atoms with Crippen LogP contribution in [0.1, 0.15) is 6.42 Å². The number of nitrogens with one attached hydrogen (secondary N) is 1. The first kappa shape index (κ1) is 44.6. The average Bonchev–Trinajstić information content (AvgIpc) is 3.52. The van der Waals surface area contributed by atoms with Crippen LogP contribution in [0.2, 0.25) is 0 Å². The Hall–Kier alpha value is -2.46. The second kappa shape index (κ2) is 19.3. The number of aliphatic hydroxyl groups is 6. The molecule has 3 aliphatic heterocycles. The van der Waals surface area contributed by atoms with Crippen molar-refractivity contribution < 1.29 is 59.1 Å². The van der Waals surface area contributed by atoms with Gasteiger partial charge in [-0.15, -0.1) is 0 Å². The maximum absolute atomic E-state index is 11.8. The molecular formula is C38H58N8O12S. The van der Waals surface area contributed by atoms with E-state index in [1.54, 1.807) is 0 Å². The number of ether oxygens (including phenoxy) is 6. The topological polar surface area (TPSA) is 358 Å². The van der Waals surface area contributed by atoms with Gasteiger partial charge in [-0.25, -0.2) is 4.98 Å². The van der Waals surface area contributed by atoms with E-state index in [1.165, 1.54) is 11.8 Å². The Morgan fingerprint density at radius 2 is 1.12 bits per heavy atom. The van der Waals surface area contributed by atoms with Crippen LogP contribution >= 0.6 is 11.8 Å². The number of aliphatic hydroxyl groups excluding tert-OH is 6. The van der Waals surface area contributed by atoms with Crippen molar-refractivity contribution in [2.24, 2.45) is 34.4 Å². The van der Waals surface area contributed by atoms with Crippen LogP contribution in [0.15, 0.2) is 48.5 Å². The SMILES string of the molecule is NC[C@@H]1O[C@H](O[C@H]2[C@@H](O)[C@H](O[C@@H]3[C@@H](O)[C@H](N)C[C@H](N)[C@H]3O[C@H]3O[C@H](CN)[C@@H](O)[C@H](O)[C@H]3N)O[C@@H]2CSCCNc2c3ccccc3nc3ccccc23)[C@H](N)[C@@H](O)[C@@H]1O. The first-order valence-corrected chi connectivity index (χ1v) is 21.0. The van der Waals surface area contributed by atoms with E-state index in [0.29, 0.717) is 12.3 Å². The lowest BCUT2D eigenvalue weighted by Gasteiger charge is -2.47. The quantitative estimate of drug-likeness (QED) is 0.0538. The van der Waals surface area contributed by atoms with Crippen molar-refractivity contribution >= 4 is 39.3 Å². The highest BCUT2D eigenvalue weighted by molar-refractivity contribution is 7.99. The van der Waals surface area contributed by atoms with E-state index in [0.717, 1.165) is 27.5 Å². The summed E-state index contributed by atoms with van der Waals surface area (Å²) >= 11 is 1.50. The molecule has 4 fully saturated rings. The van der Waals surface area contributed by atoms with Crippen LogP contribution in [-0.2, 0) is 28.4 Å². The highest BCUT2D eigenvalue weighted by atomic mass is 32.2. The largest absolute Gasteiger partial charge is 0.389 e. The molecule has 0 spiro atoms. The van der Waals surface area contributed by atoms with E-state index in [-0.39, 0.29) is 25.3 Å². The molecule has 2 aromatic carbocycles. The Balaban J connectivity index is 1.08. The number of para-hydroxylation sites is 2. The summed E-state index contributed by atoms with van der Waals surface area (Å²) in [7, 11) is 0. The molecule has 0 radical (unpaired) electrons. The van der Waals surface area contributed by atoms with Gasteiger partial charge in [0.2, 0.25) is 0 Å². The molecule has 0 unspecified atom stereocenters. The Kier molecular flexibility index (Phi) is 14.6. The molecule has 4 heterocycles. The smallest absolute Gasteiger partial charge is 0.187 e. The maximum atomic E-state index is 11.8. The summed E-state index contributed by atoms with van der Waals surface area (Å²) in [5, 5.41) is 70.9. The molecule has 21 heteroatoms. The highest BCUT2D eigenvalue weighted by Crippen LogP contribution is 2.36. The maximum Gasteiger partial charge on any atom is 0.187 e. The molecule has 59 heavy (non-hydrogen) atoms. The fourth-order valence-corrected chi connectivity index (χ4v) is 9.12. The van der Waals surface area contributed by atoms with Crippen molar-refractivity contribution in [2.45, 2.75) is 123 Å². The van der Waals surface area contributed by atoms with Gasteiger partial charge in [0.15, 0.2) is 18.9 Å². The van der Waals surface area contributed by atoms with E-state index in [2.05, 4.69) is 5.32 Å². The number of pyridine rings is 1. The summed E-state index contributed by atoms with van der Waals surface area (Å²) in [6.07, 6.45) is -19.1. The van der Waals surface area contributed by atoms with E-state index in [9.17, 15) is 30.6 Å². The molecule has 0 bridgehead atoms. The van der Waals surface area contributed by atoms with E-state index in [4.69, 9.17) is 67.8 Å². The average molecular weight is 851 g/mol. The molecule has 7 rings (SSSR count). The van der Waals surface area contributed by atoms with Gasteiger partial charge in [-0.1, -0.05) is 36.4 Å². The minimum absolute atomic E-state index is 0.102.